The van der Waals surface area contributed by atoms with Crippen LogP contribution in [0.4, 0.5) is 11.4 Å². The zero-order valence-electron chi connectivity index (χ0n) is 17.7. The second kappa shape index (κ2) is 11.2. The van der Waals surface area contributed by atoms with Crippen LogP contribution in [-0.4, -0.2) is 43.1 Å². The molecule has 0 unspecified atom stereocenters. The van der Waals surface area contributed by atoms with Crippen molar-refractivity contribution in [3.63, 3.8) is 0 Å². The Hall–Kier alpha value is -4.48. The summed E-state index contributed by atoms with van der Waals surface area (Å²) in [7, 11) is -2.38. The number of ether oxygens (including phenoxy) is 2. The van der Waals surface area contributed by atoms with Crippen molar-refractivity contribution < 1.29 is 28.9 Å². The van der Waals surface area contributed by atoms with E-state index in [9.17, 15) is 29.8 Å². The van der Waals surface area contributed by atoms with Crippen molar-refractivity contribution in [1.29, 1.82) is 0 Å². The van der Waals surface area contributed by atoms with Gasteiger partial charge in [0, 0.05) is 12.1 Å². The van der Waals surface area contributed by atoms with Crippen molar-refractivity contribution >= 4 is 31.4 Å². The molecule has 0 bridgehead atoms. The molecule has 0 fully saturated rings. The van der Waals surface area contributed by atoms with Crippen LogP contribution in [-0.2, 0) is 9.47 Å². The molecule has 0 aromatic heterocycles. The molecule has 168 valence electrons. The summed E-state index contributed by atoms with van der Waals surface area (Å²) in [6.07, 6.45) is 0. The second-order valence-electron chi connectivity index (χ2n) is 6.93. The standard InChI is InChI=1S/C22H18N2O8Si/c1-33(2,15-7-13-31-21(25)17-9-3-5-11-19(17)23(27)28)16-8-14-32-22(26)18-10-4-6-12-20(18)24(29)30/h3-6,9-12H,13-14H2,1-2H3. The first kappa shape index (κ1) is 24.8. The van der Waals surface area contributed by atoms with Crippen molar-refractivity contribution in [1.82, 2.24) is 0 Å². The predicted octanol–water partition coefficient (Wildman–Crippen LogP) is 3.31. The van der Waals surface area contributed by atoms with Gasteiger partial charge in [0.1, 0.15) is 11.1 Å². The molecule has 10 nitrogen and oxygen atoms in total. The van der Waals surface area contributed by atoms with E-state index in [0.717, 1.165) is 0 Å². The highest BCUT2D eigenvalue weighted by Crippen LogP contribution is 2.19. The fraction of sp³-hybridized carbons (Fsp3) is 0.182. The zero-order chi connectivity index (χ0) is 24.4. The number of hydrogen-bond acceptors (Lipinski definition) is 8. The van der Waals surface area contributed by atoms with Gasteiger partial charge in [-0.15, -0.1) is 11.1 Å². The van der Waals surface area contributed by atoms with Gasteiger partial charge in [0.2, 0.25) is 8.07 Å². The smallest absolute Gasteiger partial charge is 0.346 e. The van der Waals surface area contributed by atoms with Crippen molar-refractivity contribution in [2.24, 2.45) is 0 Å². The molecule has 0 aliphatic heterocycles. The van der Waals surface area contributed by atoms with E-state index >= 15 is 0 Å². The van der Waals surface area contributed by atoms with Crippen LogP contribution in [0.5, 0.6) is 0 Å². The van der Waals surface area contributed by atoms with E-state index in [0.29, 0.717) is 0 Å². The van der Waals surface area contributed by atoms with Gasteiger partial charge < -0.3 is 9.47 Å². The lowest BCUT2D eigenvalue weighted by Gasteiger charge is -2.05. The summed E-state index contributed by atoms with van der Waals surface area (Å²) in [5.41, 5.74) is 4.80. The molecule has 0 saturated carbocycles. The molecular formula is C22H18N2O8Si. The first-order valence-corrected chi connectivity index (χ1v) is 12.4. The molecule has 0 amide bonds. The average Bonchev–Trinajstić information content (AvgIpc) is 2.79. The number of nitrogens with zero attached hydrogens (tertiary/aromatic N) is 2. The van der Waals surface area contributed by atoms with Gasteiger partial charge in [0.05, 0.1) is 9.85 Å². The molecule has 11 heteroatoms. The van der Waals surface area contributed by atoms with Gasteiger partial charge in [-0.3, -0.25) is 20.2 Å². The Balaban J connectivity index is 1.91. The molecule has 0 radical (unpaired) electrons. The maximum Gasteiger partial charge on any atom is 0.346 e. The normalized spacial score (nSPS) is 10.0. The van der Waals surface area contributed by atoms with E-state index in [1.54, 1.807) is 0 Å². The van der Waals surface area contributed by atoms with Gasteiger partial charge in [-0.25, -0.2) is 9.59 Å². The van der Waals surface area contributed by atoms with E-state index in [1.165, 1.54) is 48.5 Å². The summed E-state index contributed by atoms with van der Waals surface area (Å²) in [5.74, 6) is 3.65. The molecule has 0 saturated heterocycles. The van der Waals surface area contributed by atoms with Crippen molar-refractivity contribution in [3.05, 3.63) is 79.9 Å². The largest absolute Gasteiger partial charge is 0.449 e. The highest BCUT2D eigenvalue weighted by atomic mass is 28.3. The maximum absolute atomic E-state index is 12.1. The Bertz CT molecular complexity index is 1120. The van der Waals surface area contributed by atoms with Crippen LogP contribution in [0.1, 0.15) is 20.7 Å². The van der Waals surface area contributed by atoms with Crippen LogP contribution in [0.3, 0.4) is 0 Å². The number of hydrogen-bond donors (Lipinski definition) is 0. The number of carbonyl (C=O) groups is 2. The van der Waals surface area contributed by atoms with Crippen LogP contribution in [0, 0.1) is 43.2 Å². The average molecular weight is 466 g/mol. The van der Waals surface area contributed by atoms with Crippen molar-refractivity contribution in [2.45, 2.75) is 13.1 Å². The Kier molecular flexibility index (Phi) is 8.43. The second-order valence-corrected chi connectivity index (χ2v) is 10.7. The topological polar surface area (TPSA) is 139 Å². The molecule has 0 heterocycles. The lowest BCUT2D eigenvalue weighted by molar-refractivity contribution is -0.385. The third-order valence-electron chi connectivity index (χ3n) is 3.99. The molecule has 0 N–H and O–H groups in total. The number of rotatable bonds is 6. The van der Waals surface area contributed by atoms with Crippen molar-refractivity contribution in [3.8, 4) is 22.9 Å². The Morgan fingerprint density at radius 1 is 0.788 bits per heavy atom. The third-order valence-corrected chi connectivity index (χ3v) is 5.60. The predicted molar refractivity (Wildman–Crippen MR) is 120 cm³/mol. The summed E-state index contributed by atoms with van der Waals surface area (Å²) in [6.45, 7) is 3.10. The van der Waals surface area contributed by atoms with Gasteiger partial charge in [-0.05, 0) is 25.2 Å². The molecule has 33 heavy (non-hydrogen) atoms. The maximum atomic E-state index is 12.1. The number of carbonyl (C=O) groups excluding carboxylic acids is 2. The van der Waals surface area contributed by atoms with Crippen LogP contribution < -0.4 is 0 Å². The van der Waals surface area contributed by atoms with E-state index in [-0.39, 0.29) is 35.7 Å². The lowest BCUT2D eigenvalue weighted by atomic mass is 10.2. The fourth-order valence-corrected chi connectivity index (χ4v) is 3.61. The third kappa shape index (κ3) is 7.31. The number of esters is 2. The summed E-state index contributed by atoms with van der Waals surface area (Å²) in [6, 6.07) is 10.9. The van der Waals surface area contributed by atoms with Gasteiger partial charge in [-0.2, -0.15) is 0 Å². The molecule has 2 aromatic rings. The quantitative estimate of drug-likeness (QED) is 0.208. The van der Waals surface area contributed by atoms with Crippen LogP contribution >= 0.6 is 0 Å². The Morgan fingerprint density at radius 2 is 1.15 bits per heavy atom. The van der Waals surface area contributed by atoms with Gasteiger partial charge >= 0.3 is 11.9 Å². The number of benzene rings is 2. The SMILES string of the molecule is C[Si](C)(C#CCOC(=O)c1ccccc1[N+](=O)[O-])C#CCOC(=O)c1ccccc1[N+](=O)[O-]. The van der Waals surface area contributed by atoms with E-state index < -0.39 is 29.9 Å². The molecule has 0 aliphatic carbocycles. The zero-order valence-corrected chi connectivity index (χ0v) is 18.7. The van der Waals surface area contributed by atoms with Gasteiger partial charge in [0.25, 0.3) is 11.4 Å². The number of nitro groups is 2. The first-order valence-electron chi connectivity index (χ1n) is 9.43. The Labute approximate surface area is 189 Å². The minimum atomic E-state index is -2.38. The highest BCUT2D eigenvalue weighted by molar-refractivity contribution is 6.92. The summed E-state index contributed by atoms with van der Waals surface area (Å²) < 4.78 is 9.97. The molecule has 0 aliphatic rings. The molecule has 2 aromatic carbocycles. The number of nitro benzene ring substituents is 2. The van der Waals surface area contributed by atoms with Gasteiger partial charge in [0.15, 0.2) is 13.2 Å². The minimum absolute atomic E-state index is 0.166. The molecule has 2 rings (SSSR count). The minimum Gasteiger partial charge on any atom is -0.449 e. The molecular weight excluding hydrogens is 448 g/mol. The van der Waals surface area contributed by atoms with Crippen LogP contribution in [0.25, 0.3) is 0 Å². The lowest BCUT2D eigenvalue weighted by Crippen LogP contribution is -2.21. The monoisotopic (exact) mass is 466 g/mol. The highest BCUT2D eigenvalue weighted by Gasteiger charge is 2.21. The molecule has 0 atom stereocenters. The van der Waals surface area contributed by atoms with E-state index in [2.05, 4.69) is 22.9 Å². The first-order chi connectivity index (χ1) is 15.6. The van der Waals surface area contributed by atoms with Crippen LogP contribution in [0.15, 0.2) is 48.5 Å². The number of para-hydroxylation sites is 2. The Morgan fingerprint density at radius 3 is 1.52 bits per heavy atom. The summed E-state index contributed by atoms with van der Waals surface area (Å²) in [4.78, 5) is 44.7. The summed E-state index contributed by atoms with van der Waals surface area (Å²) >= 11 is 0. The van der Waals surface area contributed by atoms with Crippen molar-refractivity contribution in [2.75, 3.05) is 13.2 Å². The van der Waals surface area contributed by atoms with Gasteiger partial charge in [-0.1, -0.05) is 36.1 Å². The summed E-state index contributed by atoms with van der Waals surface area (Å²) in [5, 5.41) is 22.0. The van der Waals surface area contributed by atoms with Crippen LogP contribution in [0.2, 0.25) is 13.1 Å². The van der Waals surface area contributed by atoms with E-state index in [1.807, 2.05) is 13.1 Å². The van der Waals surface area contributed by atoms with E-state index in [4.69, 9.17) is 9.47 Å². The fourth-order valence-electron chi connectivity index (χ4n) is 2.52. The molecule has 0 spiro atoms.